The van der Waals surface area contributed by atoms with Gasteiger partial charge in [-0.2, -0.15) is 0 Å². The number of carbonyl (C=O) groups excluding carboxylic acids is 2. The summed E-state index contributed by atoms with van der Waals surface area (Å²) in [7, 11) is 0. The smallest absolute Gasteiger partial charge is 0.410 e. The second kappa shape index (κ2) is 11.8. The normalized spacial score (nSPS) is 16.5. The SMILES string of the molecule is C=CC(C)(C)OC(=O)N1CCN(c2c(F)cc3c(=O)c(C(=O)NCCN4CCCC4)cn4c3c2Oc2cc(Cl)ccc2-4)CC1. The molecule has 0 saturated carbocycles. The molecule has 2 fully saturated rings. The molecule has 2 amide bonds. The number of nitrogens with one attached hydrogen (secondary N) is 1. The van der Waals surface area contributed by atoms with Gasteiger partial charge in [-0.05, 0) is 64.1 Å². The lowest BCUT2D eigenvalue weighted by molar-refractivity contribution is 0.0401. The first-order valence-electron chi connectivity index (χ1n) is 14.8. The molecule has 6 rings (SSSR count). The molecule has 12 heteroatoms. The Morgan fingerprint density at radius 3 is 2.57 bits per heavy atom. The zero-order valence-electron chi connectivity index (χ0n) is 24.8. The highest BCUT2D eigenvalue weighted by atomic mass is 35.5. The number of ether oxygens (including phenoxy) is 2. The van der Waals surface area contributed by atoms with Gasteiger partial charge in [0.2, 0.25) is 5.43 Å². The number of fused-ring (bicyclic) bond motifs is 2. The number of hydrogen-bond donors (Lipinski definition) is 1. The van der Waals surface area contributed by atoms with Crippen molar-refractivity contribution in [3.63, 3.8) is 0 Å². The Kier molecular flexibility index (Phi) is 8.02. The van der Waals surface area contributed by atoms with Crippen LogP contribution in [0.3, 0.4) is 0 Å². The van der Waals surface area contributed by atoms with Gasteiger partial charge in [0.15, 0.2) is 17.3 Å². The van der Waals surface area contributed by atoms with Crippen LogP contribution < -0.4 is 20.4 Å². The molecule has 0 atom stereocenters. The van der Waals surface area contributed by atoms with E-state index >= 15 is 4.39 Å². The lowest BCUT2D eigenvalue weighted by atomic mass is 10.0. The Bertz CT molecular complexity index is 1710. The Labute approximate surface area is 259 Å². The maximum atomic E-state index is 16.1. The molecule has 2 saturated heterocycles. The zero-order chi connectivity index (χ0) is 31.2. The van der Waals surface area contributed by atoms with Gasteiger partial charge in [0.1, 0.15) is 22.4 Å². The van der Waals surface area contributed by atoms with Crippen molar-refractivity contribution in [2.75, 3.05) is 57.3 Å². The van der Waals surface area contributed by atoms with Crippen molar-refractivity contribution in [2.45, 2.75) is 32.3 Å². The van der Waals surface area contributed by atoms with E-state index in [0.717, 1.165) is 25.9 Å². The van der Waals surface area contributed by atoms with E-state index in [2.05, 4.69) is 16.8 Å². The molecule has 0 spiro atoms. The minimum absolute atomic E-state index is 0.0305. The summed E-state index contributed by atoms with van der Waals surface area (Å²) in [6.07, 6.45) is 4.85. The van der Waals surface area contributed by atoms with Crippen LogP contribution >= 0.6 is 11.6 Å². The Morgan fingerprint density at radius 2 is 1.86 bits per heavy atom. The first-order chi connectivity index (χ1) is 21.1. The van der Waals surface area contributed by atoms with Gasteiger partial charge >= 0.3 is 6.09 Å². The number of hydrogen-bond acceptors (Lipinski definition) is 7. The fraction of sp³-hybridized carbons (Fsp3) is 0.406. The van der Waals surface area contributed by atoms with Crippen molar-refractivity contribution >= 4 is 40.2 Å². The highest BCUT2D eigenvalue weighted by molar-refractivity contribution is 6.30. The molecule has 0 aliphatic carbocycles. The summed E-state index contributed by atoms with van der Waals surface area (Å²) in [4.78, 5) is 45.3. The van der Waals surface area contributed by atoms with Gasteiger partial charge in [-0.15, -0.1) is 0 Å². The highest BCUT2D eigenvalue weighted by Gasteiger charge is 2.33. The van der Waals surface area contributed by atoms with Crippen LogP contribution in [0.2, 0.25) is 5.02 Å². The van der Waals surface area contributed by atoms with E-state index in [1.54, 1.807) is 52.5 Å². The highest BCUT2D eigenvalue weighted by Crippen LogP contribution is 2.47. The minimum atomic E-state index is -0.821. The lowest BCUT2D eigenvalue weighted by Gasteiger charge is -2.38. The van der Waals surface area contributed by atoms with Crippen LogP contribution in [0.15, 0.2) is 47.9 Å². The first kappa shape index (κ1) is 30.0. The minimum Gasteiger partial charge on any atom is -0.451 e. The molecule has 3 aliphatic rings. The Morgan fingerprint density at radius 1 is 1.14 bits per heavy atom. The number of piperazine rings is 1. The van der Waals surface area contributed by atoms with Gasteiger partial charge in [0.25, 0.3) is 5.91 Å². The largest absolute Gasteiger partial charge is 0.451 e. The number of benzene rings is 2. The molecule has 3 aromatic rings. The van der Waals surface area contributed by atoms with Crippen LogP contribution in [0.4, 0.5) is 14.9 Å². The molecule has 1 N–H and O–H groups in total. The third-order valence-corrected chi connectivity index (χ3v) is 8.65. The van der Waals surface area contributed by atoms with E-state index in [1.165, 1.54) is 12.3 Å². The third kappa shape index (κ3) is 5.61. The number of nitrogens with zero attached hydrogens (tertiary/aromatic N) is 4. The van der Waals surface area contributed by atoms with Crippen LogP contribution in [0.25, 0.3) is 16.6 Å². The number of likely N-dealkylation sites (tertiary alicyclic amines) is 1. The Balaban J connectivity index is 1.35. The fourth-order valence-electron chi connectivity index (χ4n) is 5.91. The molecule has 3 aliphatic heterocycles. The lowest BCUT2D eigenvalue weighted by Crippen LogP contribution is -2.50. The molecular weight excluding hydrogens is 589 g/mol. The van der Waals surface area contributed by atoms with Crippen LogP contribution in [-0.4, -0.2) is 84.3 Å². The van der Waals surface area contributed by atoms with Crippen LogP contribution in [0.5, 0.6) is 11.5 Å². The first-order valence-corrected chi connectivity index (χ1v) is 15.2. The van der Waals surface area contributed by atoms with E-state index in [4.69, 9.17) is 21.1 Å². The van der Waals surface area contributed by atoms with Crippen molar-refractivity contribution in [3.05, 3.63) is 69.7 Å². The zero-order valence-corrected chi connectivity index (χ0v) is 25.6. The van der Waals surface area contributed by atoms with Crippen molar-refractivity contribution in [1.82, 2.24) is 19.7 Å². The summed E-state index contributed by atoms with van der Waals surface area (Å²) in [5, 5.41) is 3.31. The van der Waals surface area contributed by atoms with Gasteiger partial charge in [-0.3, -0.25) is 9.59 Å². The van der Waals surface area contributed by atoms with E-state index in [-0.39, 0.29) is 35.5 Å². The van der Waals surface area contributed by atoms with Gasteiger partial charge in [-0.1, -0.05) is 18.2 Å². The number of amides is 2. The van der Waals surface area contributed by atoms with Crippen LogP contribution in [-0.2, 0) is 4.74 Å². The van der Waals surface area contributed by atoms with Gasteiger partial charge in [0.05, 0.1) is 11.1 Å². The molecule has 4 heterocycles. The molecule has 1 aromatic heterocycles. The predicted molar refractivity (Wildman–Crippen MR) is 167 cm³/mol. The maximum Gasteiger partial charge on any atom is 0.410 e. The van der Waals surface area contributed by atoms with Crippen molar-refractivity contribution < 1.29 is 23.5 Å². The quantitative estimate of drug-likeness (QED) is 0.292. The molecule has 0 unspecified atom stereocenters. The Hall–Kier alpha value is -4.09. The number of pyridine rings is 1. The van der Waals surface area contributed by atoms with Crippen molar-refractivity contribution in [3.8, 4) is 17.2 Å². The van der Waals surface area contributed by atoms with Gasteiger partial charge in [0, 0.05) is 56.6 Å². The summed E-state index contributed by atoms with van der Waals surface area (Å²) in [6, 6.07) is 6.21. The number of halogens is 2. The fourth-order valence-corrected chi connectivity index (χ4v) is 6.07. The summed E-state index contributed by atoms with van der Waals surface area (Å²) in [6.45, 7) is 11.4. The number of aromatic nitrogens is 1. The predicted octanol–water partition coefficient (Wildman–Crippen LogP) is 4.94. The molecular formula is C32H35ClFN5O5. The average molecular weight is 624 g/mol. The number of rotatable bonds is 7. The summed E-state index contributed by atoms with van der Waals surface area (Å²) in [5.74, 6) is -0.680. The summed E-state index contributed by atoms with van der Waals surface area (Å²) in [5.41, 5.74) is -0.413. The monoisotopic (exact) mass is 623 g/mol. The molecule has 10 nitrogen and oxygen atoms in total. The van der Waals surface area contributed by atoms with Crippen molar-refractivity contribution in [2.24, 2.45) is 0 Å². The average Bonchev–Trinajstić information content (AvgIpc) is 3.51. The van der Waals surface area contributed by atoms with E-state index < -0.39 is 28.8 Å². The van der Waals surface area contributed by atoms with E-state index in [0.29, 0.717) is 48.2 Å². The van der Waals surface area contributed by atoms with E-state index in [1.807, 2.05) is 0 Å². The number of anilines is 1. The molecule has 2 aromatic carbocycles. The number of carbonyl (C=O) groups is 2. The van der Waals surface area contributed by atoms with Crippen molar-refractivity contribution in [1.29, 1.82) is 0 Å². The molecule has 44 heavy (non-hydrogen) atoms. The van der Waals surface area contributed by atoms with Gasteiger partial charge < -0.3 is 34.1 Å². The maximum absolute atomic E-state index is 16.1. The molecule has 0 radical (unpaired) electrons. The second-order valence-electron chi connectivity index (χ2n) is 11.8. The molecule has 232 valence electrons. The van der Waals surface area contributed by atoms with Gasteiger partial charge in [-0.25, -0.2) is 9.18 Å². The molecule has 0 bridgehead atoms. The van der Waals surface area contributed by atoms with Crippen LogP contribution in [0, 0.1) is 5.82 Å². The summed E-state index contributed by atoms with van der Waals surface area (Å²) < 4.78 is 29.6. The summed E-state index contributed by atoms with van der Waals surface area (Å²) >= 11 is 6.30. The standard InChI is InChI=1S/C32H35ClFN5O5/c1-4-32(2,3)44-31(42)38-15-13-37(14-16-38)27-23(34)18-21-26-29(27)43-25-17-20(33)7-8-24(25)39(26)19-22(28(21)40)30(41)35-9-12-36-10-5-6-11-36/h4,7-8,17-19H,1,5-6,9-16H2,2-3H3,(H,35,41). The third-order valence-electron chi connectivity index (χ3n) is 8.42. The second-order valence-corrected chi connectivity index (χ2v) is 12.3. The van der Waals surface area contributed by atoms with Crippen LogP contribution in [0.1, 0.15) is 37.0 Å². The van der Waals surface area contributed by atoms with E-state index in [9.17, 15) is 14.4 Å². The topological polar surface area (TPSA) is 96.4 Å².